The van der Waals surface area contributed by atoms with Crippen molar-refractivity contribution in [3.8, 4) is 0 Å². The second kappa shape index (κ2) is 2.92. The van der Waals surface area contributed by atoms with E-state index in [0.29, 0.717) is 11.8 Å². The summed E-state index contributed by atoms with van der Waals surface area (Å²) in [7, 11) is 0. The molecule has 0 aromatic rings. The number of ether oxygens (including phenoxy) is 1. The molecule has 0 unspecified atom stereocenters. The SMILES string of the molecule is OC1=COC(CBr)=CC1. The van der Waals surface area contributed by atoms with E-state index in [4.69, 9.17) is 9.84 Å². The van der Waals surface area contributed by atoms with Gasteiger partial charge in [-0.2, -0.15) is 0 Å². The molecule has 0 saturated heterocycles. The zero-order valence-electron chi connectivity index (χ0n) is 4.80. The van der Waals surface area contributed by atoms with Crippen LogP contribution in [-0.4, -0.2) is 10.4 Å². The fraction of sp³-hybridized carbons (Fsp3) is 0.333. The molecule has 2 nitrogen and oxygen atoms in total. The molecule has 0 atom stereocenters. The highest BCUT2D eigenvalue weighted by atomic mass is 79.9. The standard InChI is InChI=1S/C6H7BrO2/c7-3-6-2-1-5(8)4-9-6/h2,4,8H,1,3H2. The van der Waals surface area contributed by atoms with Crippen molar-refractivity contribution in [2.75, 3.05) is 5.33 Å². The number of aliphatic hydroxyl groups excluding tert-OH is 1. The topological polar surface area (TPSA) is 29.5 Å². The molecule has 0 fully saturated rings. The first kappa shape index (κ1) is 6.68. The summed E-state index contributed by atoms with van der Waals surface area (Å²) in [6.07, 6.45) is 3.78. The molecule has 1 rings (SSSR count). The van der Waals surface area contributed by atoms with Crippen LogP contribution in [0.15, 0.2) is 23.9 Å². The first-order valence-electron chi connectivity index (χ1n) is 2.62. The Morgan fingerprint density at radius 2 is 2.56 bits per heavy atom. The van der Waals surface area contributed by atoms with Gasteiger partial charge in [-0.15, -0.1) is 0 Å². The van der Waals surface area contributed by atoms with Gasteiger partial charge in [0.2, 0.25) is 0 Å². The van der Waals surface area contributed by atoms with Crippen molar-refractivity contribution in [3.63, 3.8) is 0 Å². The average molecular weight is 191 g/mol. The van der Waals surface area contributed by atoms with Crippen molar-refractivity contribution in [1.82, 2.24) is 0 Å². The lowest BCUT2D eigenvalue weighted by molar-refractivity contribution is 0.289. The quantitative estimate of drug-likeness (QED) is 0.643. The van der Waals surface area contributed by atoms with Crippen LogP contribution in [0, 0.1) is 0 Å². The van der Waals surface area contributed by atoms with Crippen LogP contribution in [-0.2, 0) is 4.74 Å². The van der Waals surface area contributed by atoms with Gasteiger partial charge in [0.1, 0.15) is 17.8 Å². The molecule has 0 aromatic heterocycles. The fourth-order valence-corrected chi connectivity index (χ4v) is 0.905. The van der Waals surface area contributed by atoms with Crippen molar-refractivity contribution in [1.29, 1.82) is 0 Å². The first-order chi connectivity index (χ1) is 4.33. The Bertz CT molecular complexity index is 160. The van der Waals surface area contributed by atoms with Crippen molar-refractivity contribution in [2.45, 2.75) is 6.42 Å². The number of allylic oxidation sites excluding steroid dienone is 2. The minimum Gasteiger partial charge on any atom is -0.509 e. The lowest BCUT2D eigenvalue weighted by Gasteiger charge is -2.07. The molecule has 1 aliphatic heterocycles. The molecule has 0 amide bonds. The number of aliphatic hydroxyl groups is 1. The van der Waals surface area contributed by atoms with E-state index < -0.39 is 0 Å². The number of hydrogen-bond donors (Lipinski definition) is 1. The number of alkyl halides is 1. The van der Waals surface area contributed by atoms with Crippen LogP contribution in [0.25, 0.3) is 0 Å². The molecule has 0 aromatic carbocycles. The summed E-state index contributed by atoms with van der Waals surface area (Å²) < 4.78 is 4.94. The van der Waals surface area contributed by atoms with Gasteiger partial charge in [0.05, 0.1) is 5.33 Å². The molecule has 3 heteroatoms. The van der Waals surface area contributed by atoms with Gasteiger partial charge in [-0.1, -0.05) is 15.9 Å². The van der Waals surface area contributed by atoms with Crippen molar-refractivity contribution in [3.05, 3.63) is 23.9 Å². The second-order valence-corrected chi connectivity index (χ2v) is 2.30. The van der Waals surface area contributed by atoms with Crippen LogP contribution in [0.2, 0.25) is 0 Å². The molecule has 9 heavy (non-hydrogen) atoms. The van der Waals surface area contributed by atoms with Crippen LogP contribution >= 0.6 is 15.9 Å². The predicted molar refractivity (Wildman–Crippen MR) is 38.3 cm³/mol. The third-order valence-corrected chi connectivity index (χ3v) is 1.57. The van der Waals surface area contributed by atoms with E-state index in [0.717, 1.165) is 5.76 Å². The lowest BCUT2D eigenvalue weighted by atomic mass is 10.3. The number of rotatable bonds is 1. The highest BCUT2D eigenvalue weighted by molar-refractivity contribution is 9.09. The molecule has 50 valence electrons. The number of hydrogen-bond acceptors (Lipinski definition) is 2. The van der Waals surface area contributed by atoms with Crippen molar-refractivity contribution < 1.29 is 9.84 Å². The van der Waals surface area contributed by atoms with Gasteiger partial charge in [-0.3, -0.25) is 0 Å². The van der Waals surface area contributed by atoms with E-state index in [1.807, 2.05) is 6.08 Å². The van der Waals surface area contributed by atoms with Gasteiger partial charge in [-0.25, -0.2) is 0 Å². The summed E-state index contributed by atoms with van der Waals surface area (Å²) in [5.41, 5.74) is 0. The Balaban J connectivity index is 2.48. The maximum atomic E-state index is 8.80. The molecule has 1 heterocycles. The molecule has 0 radical (unpaired) electrons. The summed E-state index contributed by atoms with van der Waals surface area (Å²) in [5.74, 6) is 1.13. The molecule has 1 aliphatic rings. The van der Waals surface area contributed by atoms with Crippen LogP contribution < -0.4 is 0 Å². The van der Waals surface area contributed by atoms with E-state index in [2.05, 4.69) is 15.9 Å². The van der Waals surface area contributed by atoms with Crippen LogP contribution in [0.5, 0.6) is 0 Å². The summed E-state index contributed by atoms with van der Waals surface area (Å²) in [4.78, 5) is 0. The Morgan fingerprint density at radius 3 is 3.00 bits per heavy atom. The van der Waals surface area contributed by atoms with E-state index in [1.54, 1.807) is 0 Å². The molecule has 0 saturated carbocycles. The summed E-state index contributed by atoms with van der Waals surface area (Å²) in [6.45, 7) is 0. The normalized spacial score (nSPS) is 17.9. The number of halogens is 1. The highest BCUT2D eigenvalue weighted by Crippen LogP contribution is 2.13. The predicted octanol–water partition coefficient (Wildman–Crippen LogP) is 2.08. The maximum Gasteiger partial charge on any atom is 0.131 e. The summed E-state index contributed by atoms with van der Waals surface area (Å²) in [6, 6.07) is 0. The van der Waals surface area contributed by atoms with Crippen molar-refractivity contribution in [2.24, 2.45) is 0 Å². The van der Waals surface area contributed by atoms with Gasteiger partial charge >= 0.3 is 0 Å². The minimum absolute atomic E-state index is 0.278. The van der Waals surface area contributed by atoms with E-state index >= 15 is 0 Å². The van der Waals surface area contributed by atoms with Gasteiger partial charge < -0.3 is 9.84 Å². The largest absolute Gasteiger partial charge is 0.509 e. The highest BCUT2D eigenvalue weighted by Gasteiger charge is 2.02. The Kier molecular flexibility index (Phi) is 2.16. The van der Waals surface area contributed by atoms with Gasteiger partial charge in [0.15, 0.2) is 0 Å². The first-order valence-corrected chi connectivity index (χ1v) is 3.74. The lowest BCUT2D eigenvalue weighted by Crippen LogP contribution is -1.95. The smallest absolute Gasteiger partial charge is 0.131 e. The third kappa shape index (κ3) is 1.75. The molecule has 0 spiro atoms. The summed E-state index contributed by atoms with van der Waals surface area (Å²) in [5, 5.41) is 9.50. The summed E-state index contributed by atoms with van der Waals surface area (Å²) >= 11 is 3.23. The molecule has 0 aliphatic carbocycles. The van der Waals surface area contributed by atoms with Crippen molar-refractivity contribution >= 4 is 15.9 Å². The minimum atomic E-state index is 0.278. The monoisotopic (exact) mass is 190 g/mol. The Labute approximate surface area is 62.0 Å². The zero-order valence-corrected chi connectivity index (χ0v) is 6.39. The maximum absolute atomic E-state index is 8.80. The zero-order chi connectivity index (χ0) is 6.69. The van der Waals surface area contributed by atoms with Gasteiger partial charge in [0, 0.05) is 6.42 Å². The average Bonchev–Trinajstić information content (AvgIpc) is 1.90. The molecular weight excluding hydrogens is 184 g/mol. The van der Waals surface area contributed by atoms with Gasteiger partial charge in [0.25, 0.3) is 0 Å². The Hall–Kier alpha value is -0.440. The molecular formula is C6H7BrO2. The van der Waals surface area contributed by atoms with E-state index in [-0.39, 0.29) is 5.76 Å². The third-order valence-electron chi connectivity index (χ3n) is 1.02. The fourth-order valence-electron chi connectivity index (χ4n) is 0.544. The van der Waals surface area contributed by atoms with Crippen LogP contribution in [0.1, 0.15) is 6.42 Å². The van der Waals surface area contributed by atoms with E-state index in [1.165, 1.54) is 6.26 Å². The van der Waals surface area contributed by atoms with Crippen LogP contribution in [0.3, 0.4) is 0 Å². The van der Waals surface area contributed by atoms with Gasteiger partial charge in [-0.05, 0) is 6.08 Å². The Morgan fingerprint density at radius 1 is 1.78 bits per heavy atom. The van der Waals surface area contributed by atoms with E-state index in [9.17, 15) is 0 Å². The van der Waals surface area contributed by atoms with Crippen LogP contribution in [0.4, 0.5) is 0 Å². The molecule has 1 N–H and O–H groups in total. The molecule has 0 bridgehead atoms. The second-order valence-electron chi connectivity index (χ2n) is 1.74.